The number of amides is 1. The first-order chi connectivity index (χ1) is 7.15. The van der Waals surface area contributed by atoms with Gasteiger partial charge in [-0.15, -0.1) is 0 Å². The second-order valence-electron chi connectivity index (χ2n) is 4.68. The van der Waals surface area contributed by atoms with E-state index in [0.29, 0.717) is 24.4 Å². The zero-order valence-electron chi connectivity index (χ0n) is 10.0. The lowest BCUT2D eigenvalue weighted by atomic mass is 9.91. The molecule has 88 valence electrons. The molecule has 0 aliphatic heterocycles. The number of nitrogens with zero attached hydrogens (tertiary/aromatic N) is 1. The molecule has 0 bridgehead atoms. The van der Waals surface area contributed by atoms with E-state index in [9.17, 15) is 4.79 Å². The van der Waals surface area contributed by atoms with Gasteiger partial charge in [-0.1, -0.05) is 13.3 Å². The van der Waals surface area contributed by atoms with Gasteiger partial charge >= 0.3 is 0 Å². The molecule has 3 heteroatoms. The average molecular weight is 212 g/mol. The van der Waals surface area contributed by atoms with Gasteiger partial charge in [0.15, 0.2) is 0 Å². The summed E-state index contributed by atoms with van der Waals surface area (Å²) in [7, 11) is 1.94. The fraction of sp³-hybridized carbons (Fsp3) is 0.917. The van der Waals surface area contributed by atoms with Crippen LogP contribution in [0.15, 0.2) is 0 Å². The normalized spacial score (nSPS) is 26.3. The molecule has 3 nitrogen and oxygen atoms in total. The molecule has 0 radical (unpaired) electrons. The van der Waals surface area contributed by atoms with Crippen molar-refractivity contribution in [2.75, 3.05) is 7.05 Å². The Balaban J connectivity index is 2.32. The number of nitrogens with two attached hydrogens (primary N) is 1. The van der Waals surface area contributed by atoms with Crippen molar-refractivity contribution in [2.24, 2.45) is 5.73 Å². The fourth-order valence-corrected chi connectivity index (χ4v) is 2.20. The highest BCUT2D eigenvalue weighted by atomic mass is 16.2. The summed E-state index contributed by atoms with van der Waals surface area (Å²) in [6, 6.07) is 0.801. The minimum absolute atomic E-state index is 0.303. The van der Waals surface area contributed by atoms with E-state index in [1.807, 2.05) is 11.9 Å². The maximum Gasteiger partial charge on any atom is 0.222 e. The zero-order chi connectivity index (χ0) is 11.3. The van der Waals surface area contributed by atoms with Crippen molar-refractivity contribution >= 4 is 5.91 Å². The summed E-state index contributed by atoms with van der Waals surface area (Å²) in [6.45, 7) is 2.12. The number of hydrogen-bond acceptors (Lipinski definition) is 2. The molecule has 0 spiro atoms. The van der Waals surface area contributed by atoms with E-state index in [2.05, 4.69) is 6.92 Å². The molecule has 0 atom stereocenters. The number of rotatable bonds is 4. The molecule has 0 saturated heterocycles. The van der Waals surface area contributed by atoms with Gasteiger partial charge in [-0.25, -0.2) is 0 Å². The Bertz CT molecular complexity index is 198. The molecule has 1 rings (SSSR count). The summed E-state index contributed by atoms with van der Waals surface area (Å²) in [5.74, 6) is 0.303. The monoisotopic (exact) mass is 212 g/mol. The highest BCUT2D eigenvalue weighted by molar-refractivity contribution is 5.76. The maximum absolute atomic E-state index is 11.8. The molecular weight excluding hydrogens is 188 g/mol. The van der Waals surface area contributed by atoms with E-state index in [0.717, 1.165) is 38.5 Å². The van der Waals surface area contributed by atoms with Crippen molar-refractivity contribution in [1.29, 1.82) is 0 Å². The topological polar surface area (TPSA) is 46.3 Å². The zero-order valence-corrected chi connectivity index (χ0v) is 10.0. The van der Waals surface area contributed by atoms with Crippen LogP contribution in [-0.2, 0) is 4.79 Å². The van der Waals surface area contributed by atoms with E-state index in [-0.39, 0.29) is 0 Å². The Morgan fingerprint density at radius 3 is 2.47 bits per heavy atom. The van der Waals surface area contributed by atoms with Gasteiger partial charge in [0.2, 0.25) is 5.91 Å². The van der Waals surface area contributed by atoms with Crippen molar-refractivity contribution in [3.8, 4) is 0 Å². The Morgan fingerprint density at radius 1 is 1.33 bits per heavy atom. The molecule has 0 unspecified atom stereocenters. The van der Waals surface area contributed by atoms with E-state index in [1.54, 1.807) is 0 Å². The van der Waals surface area contributed by atoms with Crippen LogP contribution in [0.4, 0.5) is 0 Å². The number of hydrogen-bond donors (Lipinski definition) is 1. The predicted octanol–water partition coefficient (Wildman–Crippen LogP) is 1.90. The molecule has 15 heavy (non-hydrogen) atoms. The van der Waals surface area contributed by atoms with Gasteiger partial charge in [0.25, 0.3) is 0 Å². The third-order valence-electron chi connectivity index (χ3n) is 3.43. The molecule has 0 aromatic rings. The van der Waals surface area contributed by atoms with Crippen LogP contribution in [0.1, 0.15) is 51.9 Å². The molecule has 1 aliphatic carbocycles. The Labute approximate surface area is 93.0 Å². The molecular formula is C12H24N2O. The Morgan fingerprint density at radius 2 is 1.93 bits per heavy atom. The standard InChI is InChI=1S/C12H24N2O/c1-3-4-5-12(15)14(2)11-8-6-10(13)7-9-11/h10-11H,3-9,13H2,1-2H3. The molecule has 1 amide bonds. The lowest BCUT2D eigenvalue weighted by molar-refractivity contribution is -0.132. The van der Waals surface area contributed by atoms with E-state index < -0.39 is 0 Å². The van der Waals surface area contributed by atoms with Crippen LogP contribution in [0.5, 0.6) is 0 Å². The Hall–Kier alpha value is -0.570. The van der Waals surface area contributed by atoms with E-state index in [4.69, 9.17) is 5.73 Å². The lowest BCUT2D eigenvalue weighted by Gasteiger charge is -2.33. The minimum Gasteiger partial charge on any atom is -0.343 e. The van der Waals surface area contributed by atoms with Crippen LogP contribution >= 0.6 is 0 Å². The van der Waals surface area contributed by atoms with Crippen LogP contribution in [-0.4, -0.2) is 29.9 Å². The van der Waals surface area contributed by atoms with Crippen molar-refractivity contribution in [3.63, 3.8) is 0 Å². The summed E-state index contributed by atoms with van der Waals surface area (Å²) in [5, 5.41) is 0. The van der Waals surface area contributed by atoms with Gasteiger partial charge < -0.3 is 10.6 Å². The van der Waals surface area contributed by atoms with Gasteiger partial charge in [0.05, 0.1) is 0 Å². The first-order valence-electron chi connectivity index (χ1n) is 6.16. The molecule has 1 fully saturated rings. The van der Waals surface area contributed by atoms with Gasteiger partial charge in [-0.3, -0.25) is 4.79 Å². The fourth-order valence-electron chi connectivity index (χ4n) is 2.20. The van der Waals surface area contributed by atoms with Crippen molar-refractivity contribution in [3.05, 3.63) is 0 Å². The molecule has 1 saturated carbocycles. The molecule has 1 aliphatic rings. The smallest absolute Gasteiger partial charge is 0.222 e. The molecule has 0 heterocycles. The summed E-state index contributed by atoms with van der Waals surface area (Å²) in [6.07, 6.45) is 7.09. The van der Waals surface area contributed by atoms with Crippen LogP contribution in [0.2, 0.25) is 0 Å². The lowest BCUT2D eigenvalue weighted by Crippen LogP contribution is -2.41. The molecule has 0 aromatic heterocycles. The second kappa shape index (κ2) is 6.11. The first kappa shape index (κ1) is 12.5. The first-order valence-corrected chi connectivity index (χ1v) is 6.16. The third kappa shape index (κ3) is 3.82. The van der Waals surface area contributed by atoms with Crippen LogP contribution in [0, 0.1) is 0 Å². The van der Waals surface area contributed by atoms with Crippen LogP contribution in [0.25, 0.3) is 0 Å². The van der Waals surface area contributed by atoms with E-state index >= 15 is 0 Å². The van der Waals surface area contributed by atoms with Gasteiger partial charge in [-0.2, -0.15) is 0 Å². The quantitative estimate of drug-likeness (QED) is 0.773. The second-order valence-corrected chi connectivity index (χ2v) is 4.68. The summed E-state index contributed by atoms with van der Waals surface area (Å²) in [5.41, 5.74) is 5.85. The van der Waals surface area contributed by atoms with Gasteiger partial charge in [0, 0.05) is 25.6 Å². The Kier molecular flexibility index (Phi) is 5.09. The van der Waals surface area contributed by atoms with Crippen molar-refractivity contribution < 1.29 is 4.79 Å². The SMILES string of the molecule is CCCCC(=O)N(C)C1CCC(N)CC1. The van der Waals surface area contributed by atoms with Crippen LogP contribution in [0.3, 0.4) is 0 Å². The summed E-state index contributed by atoms with van der Waals surface area (Å²) in [4.78, 5) is 13.7. The van der Waals surface area contributed by atoms with Crippen molar-refractivity contribution in [1.82, 2.24) is 4.90 Å². The highest BCUT2D eigenvalue weighted by Crippen LogP contribution is 2.21. The highest BCUT2D eigenvalue weighted by Gasteiger charge is 2.24. The van der Waals surface area contributed by atoms with Gasteiger partial charge in [-0.05, 0) is 32.1 Å². The average Bonchev–Trinajstić information content (AvgIpc) is 2.26. The number of carbonyl (C=O) groups excluding carboxylic acids is 1. The predicted molar refractivity (Wildman–Crippen MR) is 62.5 cm³/mol. The number of unbranched alkanes of at least 4 members (excludes halogenated alkanes) is 1. The van der Waals surface area contributed by atoms with E-state index in [1.165, 1.54) is 0 Å². The van der Waals surface area contributed by atoms with Crippen molar-refractivity contribution in [2.45, 2.75) is 64.0 Å². The third-order valence-corrected chi connectivity index (χ3v) is 3.43. The number of carbonyl (C=O) groups is 1. The summed E-state index contributed by atoms with van der Waals surface area (Å²) >= 11 is 0. The minimum atomic E-state index is 0.303. The summed E-state index contributed by atoms with van der Waals surface area (Å²) < 4.78 is 0. The van der Waals surface area contributed by atoms with Crippen LogP contribution < -0.4 is 5.73 Å². The largest absolute Gasteiger partial charge is 0.343 e. The molecule has 2 N–H and O–H groups in total. The molecule has 0 aromatic carbocycles. The van der Waals surface area contributed by atoms with Gasteiger partial charge in [0.1, 0.15) is 0 Å². The maximum atomic E-state index is 11.8.